The number of methoxy groups -OCH3 is 1. The van der Waals surface area contributed by atoms with Gasteiger partial charge in [-0.25, -0.2) is 8.42 Å². The summed E-state index contributed by atoms with van der Waals surface area (Å²) >= 11 is 0. The van der Waals surface area contributed by atoms with Gasteiger partial charge in [-0.05, 0) is 60.0 Å². The average Bonchev–Trinajstić information content (AvgIpc) is 3.05. The molecule has 1 atom stereocenters. The van der Waals surface area contributed by atoms with E-state index in [9.17, 15) is 18.0 Å². The Morgan fingerprint density at radius 3 is 2.02 bits per heavy atom. The van der Waals surface area contributed by atoms with Crippen LogP contribution in [-0.2, 0) is 39.2 Å². The molecular formula is C35H39N3O6S. The standard InChI is InChI=1S/C35H39N3O6S/c1-4-36-35(40)33(23-27-12-7-5-8-13-27)37(24-29-16-11-17-32(22-29)43-2)34(39)25-38(45(3,41)42)30-18-20-31(21-19-30)44-26-28-14-9-6-10-15-28/h5-22,33H,4,23-26H2,1-3H3,(H,36,40)/t33-/m1/s1. The smallest absolute Gasteiger partial charge is 0.244 e. The molecule has 0 unspecified atom stereocenters. The third kappa shape index (κ3) is 9.58. The quantitative estimate of drug-likeness (QED) is 0.202. The first-order valence-electron chi connectivity index (χ1n) is 14.7. The van der Waals surface area contributed by atoms with Crippen molar-refractivity contribution in [2.75, 3.05) is 30.8 Å². The van der Waals surface area contributed by atoms with Crippen LogP contribution in [0.4, 0.5) is 5.69 Å². The summed E-state index contributed by atoms with van der Waals surface area (Å²) < 4.78 is 38.4. The Balaban J connectivity index is 1.64. The van der Waals surface area contributed by atoms with Crippen LogP contribution in [0.1, 0.15) is 23.6 Å². The Labute approximate surface area is 265 Å². The molecule has 10 heteroatoms. The average molecular weight is 630 g/mol. The van der Waals surface area contributed by atoms with E-state index in [4.69, 9.17) is 9.47 Å². The van der Waals surface area contributed by atoms with Gasteiger partial charge in [-0.2, -0.15) is 0 Å². The first-order chi connectivity index (χ1) is 21.7. The second-order valence-electron chi connectivity index (χ2n) is 10.5. The number of hydrogen-bond acceptors (Lipinski definition) is 6. The van der Waals surface area contributed by atoms with Crippen molar-refractivity contribution in [3.8, 4) is 11.5 Å². The number of amides is 2. The number of nitrogens with one attached hydrogen (secondary N) is 1. The molecule has 4 rings (SSSR count). The highest BCUT2D eigenvalue weighted by Gasteiger charge is 2.33. The van der Waals surface area contributed by atoms with E-state index in [2.05, 4.69) is 5.32 Å². The van der Waals surface area contributed by atoms with Crippen molar-refractivity contribution in [2.24, 2.45) is 0 Å². The van der Waals surface area contributed by atoms with Crippen LogP contribution in [0.5, 0.6) is 11.5 Å². The predicted octanol–water partition coefficient (Wildman–Crippen LogP) is 4.82. The number of benzene rings is 4. The fourth-order valence-electron chi connectivity index (χ4n) is 4.88. The van der Waals surface area contributed by atoms with Crippen molar-refractivity contribution in [1.29, 1.82) is 0 Å². The summed E-state index contributed by atoms with van der Waals surface area (Å²) in [6, 6.07) is 32.0. The second kappa shape index (κ2) is 15.8. The SMILES string of the molecule is CCNC(=O)[C@@H](Cc1ccccc1)N(Cc1cccc(OC)c1)C(=O)CN(c1ccc(OCc2ccccc2)cc1)S(C)(=O)=O. The molecule has 1 N–H and O–H groups in total. The van der Waals surface area contributed by atoms with E-state index in [1.807, 2.05) is 73.7 Å². The van der Waals surface area contributed by atoms with Gasteiger partial charge < -0.3 is 19.7 Å². The lowest BCUT2D eigenvalue weighted by atomic mass is 10.0. The molecule has 9 nitrogen and oxygen atoms in total. The van der Waals surface area contributed by atoms with E-state index in [0.29, 0.717) is 30.3 Å². The van der Waals surface area contributed by atoms with E-state index in [1.165, 1.54) is 4.90 Å². The highest BCUT2D eigenvalue weighted by molar-refractivity contribution is 7.92. The number of sulfonamides is 1. The maximum Gasteiger partial charge on any atom is 0.244 e. The maximum atomic E-state index is 14.2. The fourth-order valence-corrected chi connectivity index (χ4v) is 5.73. The molecule has 0 bridgehead atoms. The first-order valence-corrected chi connectivity index (χ1v) is 16.5. The second-order valence-corrected chi connectivity index (χ2v) is 12.4. The molecule has 2 amide bonds. The van der Waals surface area contributed by atoms with Crippen LogP contribution < -0.4 is 19.1 Å². The predicted molar refractivity (Wildman–Crippen MR) is 176 cm³/mol. The molecule has 0 aliphatic carbocycles. The normalized spacial score (nSPS) is 11.7. The van der Waals surface area contributed by atoms with Crippen LogP contribution in [0.2, 0.25) is 0 Å². The van der Waals surface area contributed by atoms with E-state index in [1.54, 1.807) is 49.6 Å². The van der Waals surface area contributed by atoms with Gasteiger partial charge >= 0.3 is 0 Å². The van der Waals surface area contributed by atoms with Crippen LogP contribution in [0.15, 0.2) is 109 Å². The molecule has 0 aliphatic heterocycles. The van der Waals surface area contributed by atoms with Crippen LogP contribution in [0, 0.1) is 0 Å². The lowest BCUT2D eigenvalue weighted by molar-refractivity contribution is -0.140. The van der Waals surface area contributed by atoms with Gasteiger partial charge in [0.25, 0.3) is 0 Å². The largest absolute Gasteiger partial charge is 0.497 e. The van der Waals surface area contributed by atoms with Gasteiger partial charge in [-0.1, -0.05) is 72.8 Å². The summed E-state index contributed by atoms with van der Waals surface area (Å²) in [5, 5.41) is 2.85. The molecule has 4 aromatic carbocycles. The van der Waals surface area contributed by atoms with Gasteiger partial charge in [0.05, 0.1) is 19.1 Å². The van der Waals surface area contributed by atoms with Crippen molar-refractivity contribution < 1.29 is 27.5 Å². The van der Waals surface area contributed by atoms with Gasteiger partial charge in [0.1, 0.15) is 30.7 Å². The molecule has 0 aromatic heterocycles. The fraction of sp³-hybridized carbons (Fsp3) is 0.257. The molecule has 0 aliphatic rings. The summed E-state index contributed by atoms with van der Waals surface area (Å²) in [6.45, 7) is 2.10. The Morgan fingerprint density at radius 2 is 1.42 bits per heavy atom. The molecule has 45 heavy (non-hydrogen) atoms. The van der Waals surface area contributed by atoms with Crippen molar-refractivity contribution >= 4 is 27.5 Å². The Morgan fingerprint density at radius 1 is 0.800 bits per heavy atom. The number of hydrogen-bond donors (Lipinski definition) is 1. The Bertz CT molecular complexity index is 1650. The molecule has 236 valence electrons. The first kappa shape index (κ1) is 33.1. The molecule has 0 heterocycles. The van der Waals surface area contributed by atoms with Crippen molar-refractivity contribution in [1.82, 2.24) is 10.2 Å². The number of rotatable bonds is 15. The third-order valence-electron chi connectivity index (χ3n) is 7.16. The minimum atomic E-state index is -3.89. The maximum absolute atomic E-state index is 14.2. The Hall–Kier alpha value is -4.83. The Kier molecular flexibility index (Phi) is 11.6. The number of carbonyl (C=O) groups is 2. The zero-order chi connectivity index (χ0) is 32.2. The molecule has 4 aromatic rings. The van der Waals surface area contributed by atoms with Gasteiger partial charge in [-0.15, -0.1) is 0 Å². The van der Waals surface area contributed by atoms with Crippen LogP contribution >= 0.6 is 0 Å². The van der Waals surface area contributed by atoms with E-state index < -0.39 is 28.5 Å². The minimum absolute atomic E-state index is 0.0640. The van der Waals surface area contributed by atoms with E-state index >= 15 is 0 Å². The summed E-state index contributed by atoms with van der Waals surface area (Å²) in [5.41, 5.74) is 2.90. The number of nitrogens with zero attached hydrogens (tertiary/aromatic N) is 2. The molecule has 0 radical (unpaired) electrons. The molecule has 0 spiro atoms. The minimum Gasteiger partial charge on any atom is -0.497 e. The molecule has 0 fully saturated rings. The monoisotopic (exact) mass is 629 g/mol. The van der Waals surface area contributed by atoms with Crippen LogP contribution in [-0.4, -0.2) is 57.6 Å². The molecule has 0 saturated carbocycles. The lowest BCUT2D eigenvalue weighted by Crippen LogP contribution is -2.53. The van der Waals surface area contributed by atoms with Crippen LogP contribution in [0.3, 0.4) is 0 Å². The summed E-state index contributed by atoms with van der Waals surface area (Å²) in [4.78, 5) is 29.1. The highest BCUT2D eigenvalue weighted by Crippen LogP contribution is 2.24. The zero-order valence-electron chi connectivity index (χ0n) is 25.8. The lowest BCUT2D eigenvalue weighted by Gasteiger charge is -2.33. The molecule has 0 saturated heterocycles. The molecular weight excluding hydrogens is 590 g/mol. The topological polar surface area (TPSA) is 105 Å². The third-order valence-corrected chi connectivity index (χ3v) is 8.30. The number of carbonyl (C=O) groups excluding carboxylic acids is 2. The van der Waals surface area contributed by atoms with Gasteiger partial charge in [-0.3, -0.25) is 13.9 Å². The summed E-state index contributed by atoms with van der Waals surface area (Å²) in [7, 11) is -2.34. The highest BCUT2D eigenvalue weighted by atomic mass is 32.2. The number of anilines is 1. The van der Waals surface area contributed by atoms with Crippen LogP contribution in [0.25, 0.3) is 0 Å². The number of likely N-dealkylation sites (N-methyl/N-ethyl adjacent to an activating group) is 1. The van der Waals surface area contributed by atoms with Crippen molar-refractivity contribution in [3.63, 3.8) is 0 Å². The van der Waals surface area contributed by atoms with Gasteiger partial charge in [0.15, 0.2) is 0 Å². The van der Waals surface area contributed by atoms with Crippen molar-refractivity contribution in [2.45, 2.75) is 32.5 Å². The summed E-state index contributed by atoms with van der Waals surface area (Å²) in [6.07, 6.45) is 1.30. The summed E-state index contributed by atoms with van der Waals surface area (Å²) in [5.74, 6) is 0.300. The van der Waals surface area contributed by atoms with Gasteiger partial charge in [0, 0.05) is 19.5 Å². The zero-order valence-corrected chi connectivity index (χ0v) is 26.6. The van der Waals surface area contributed by atoms with E-state index in [-0.39, 0.29) is 18.9 Å². The van der Waals surface area contributed by atoms with E-state index in [0.717, 1.165) is 27.3 Å². The van der Waals surface area contributed by atoms with Crippen molar-refractivity contribution in [3.05, 3.63) is 126 Å². The number of ether oxygens (including phenoxy) is 2. The van der Waals surface area contributed by atoms with Gasteiger partial charge in [0.2, 0.25) is 21.8 Å².